The van der Waals surface area contributed by atoms with Gasteiger partial charge in [0.05, 0.1) is 7.11 Å². The number of hydrogen-bond donors (Lipinski definition) is 0. The molecule has 2 aromatic heterocycles. The van der Waals surface area contributed by atoms with Crippen LogP contribution in [0.5, 0.6) is 0 Å². The Morgan fingerprint density at radius 1 is 1.38 bits per heavy atom. The van der Waals surface area contributed by atoms with Gasteiger partial charge in [0.15, 0.2) is 0 Å². The Labute approximate surface area is 149 Å². The van der Waals surface area contributed by atoms with Crippen LogP contribution in [0.3, 0.4) is 0 Å². The molecule has 0 spiro atoms. The van der Waals surface area contributed by atoms with Gasteiger partial charge in [-0.3, -0.25) is 4.79 Å². The van der Waals surface area contributed by atoms with E-state index in [1.807, 2.05) is 24.3 Å². The molecule has 7 nitrogen and oxygen atoms in total. The molecule has 0 radical (unpaired) electrons. The highest BCUT2D eigenvalue weighted by Crippen LogP contribution is 2.45. The van der Waals surface area contributed by atoms with Gasteiger partial charge in [0.25, 0.3) is 5.95 Å². The Balaban J connectivity index is 1.97. The van der Waals surface area contributed by atoms with Crippen molar-refractivity contribution in [2.45, 2.75) is 13.0 Å². The lowest BCUT2D eigenvalue weighted by Crippen LogP contribution is -2.36. The number of aliphatic imine (C=N–C) groups is 1. The molecule has 3 heterocycles. The molecule has 0 saturated heterocycles. The summed E-state index contributed by atoms with van der Waals surface area (Å²) in [6.07, 6.45) is 0. The van der Waals surface area contributed by atoms with Gasteiger partial charge in [-0.1, -0.05) is 23.3 Å². The summed E-state index contributed by atoms with van der Waals surface area (Å²) >= 11 is 5.29. The SMILES string of the molecule is COC(=O)C1C(C)=Nc2nnnn2C1c1sc2ccccc2c1Br. The van der Waals surface area contributed by atoms with Crippen molar-refractivity contribution in [3.63, 3.8) is 0 Å². The van der Waals surface area contributed by atoms with E-state index in [1.165, 1.54) is 7.11 Å². The highest BCUT2D eigenvalue weighted by Gasteiger charge is 2.41. The second-order valence-corrected chi connectivity index (χ2v) is 7.28. The number of carbonyl (C=O) groups is 1. The Morgan fingerprint density at radius 3 is 2.92 bits per heavy atom. The van der Waals surface area contributed by atoms with Gasteiger partial charge in [0.1, 0.15) is 12.0 Å². The van der Waals surface area contributed by atoms with Gasteiger partial charge < -0.3 is 4.74 Å². The van der Waals surface area contributed by atoms with Crippen molar-refractivity contribution in [2.24, 2.45) is 10.9 Å². The van der Waals surface area contributed by atoms with Crippen LogP contribution in [0.25, 0.3) is 10.1 Å². The number of thiophene rings is 1. The van der Waals surface area contributed by atoms with E-state index < -0.39 is 12.0 Å². The summed E-state index contributed by atoms with van der Waals surface area (Å²) in [7, 11) is 1.38. The molecule has 0 saturated carbocycles. The maximum Gasteiger partial charge on any atom is 0.316 e. The summed E-state index contributed by atoms with van der Waals surface area (Å²) in [6.45, 7) is 1.80. The molecule has 0 fully saturated rings. The van der Waals surface area contributed by atoms with Crippen molar-refractivity contribution in [1.82, 2.24) is 20.2 Å². The zero-order valence-electron chi connectivity index (χ0n) is 12.8. The summed E-state index contributed by atoms with van der Waals surface area (Å²) in [5.74, 6) is -0.538. The molecular weight excluding hydrogens is 394 g/mol. The minimum absolute atomic E-state index is 0.355. The normalized spacial score (nSPS) is 19.9. The van der Waals surface area contributed by atoms with E-state index >= 15 is 0 Å². The van der Waals surface area contributed by atoms with Crippen molar-refractivity contribution >= 4 is 55.0 Å². The molecule has 1 aliphatic rings. The summed E-state index contributed by atoms with van der Waals surface area (Å²) < 4.78 is 8.66. The van der Waals surface area contributed by atoms with E-state index in [4.69, 9.17) is 4.74 Å². The molecule has 1 aromatic carbocycles. The first-order valence-corrected chi connectivity index (χ1v) is 8.80. The first-order chi connectivity index (χ1) is 11.6. The number of ether oxygens (including phenoxy) is 1. The molecule has 0 aliphatic carbocycles. The fourth-order valence-corrected chi connectivity index (χ4v) is 5.13. The molecule has 122 valence electrons. The summed E-state index contributed by atoms with van der Waals surface area (Å²) in [5.41, 5.74) is 0.638. The maximum atomic E-state index is 12.4. The zero-order valence-corrected chi connectivity index (χ0v) is 15.2. The predicted octanol–water partition coefficient (Wildman–Crippen LogP) is 3.13. The molecule has 0 amide bonds. The third kappa shape index (κ3) is 2.19. The van der Waals surface area contributed by atoms with Crippen LogP contribution < -0.4 is 0 Å². The second-order valence-electron chi connectivity index (χ2n) is 5.40. The van der Waals surface area contributed by atoms with E-state index in [9.17, 15) is 4.79 Å². The average molecular weight is 406 g/mol. The summed E-state index contributed by atoms with van der Waals surface area (Å²) in [5, 5.41) is 12.8. The molecular formula is C15H12BrN5O2S. The van der Waals surface area contributed by atoms with Crippen LogP contribution in [0.15, 0.2) is 33.7 Å². The average Bonchev–Trinajstić information content (AvgIpc) is 3.18. The number of carbonyl (C=O) groups excluding carboxylic acids is 1. The molecule has 0 bridgehead atoms. The van der Waals surface area contributed by atoms with Crippen LogP contribution in [-0.4, -0.2) is 39.0 Å². The zero-order chi connectivity index (χ0) is 16.8. The Morgan fingerprint density at radius 2 is 2.17 bits per heavy atom. The van der Waals surface area contributed by atoms with Crippen molar-refractivity contribution in [2.75, 3.05) is 7.11 Å². The fourth-order valence-electron chi connectivity index (χ4n) is 2.95. The van der Waals surface area contributed by atoms with Crippen LogP contribution in [-0.2, 0) is 9.53 Å². The lowest BCUT2D eigenvalue weighted by molar-refractivity contribution is -0.144. The smallest absolute Gasteiger partial charge is 0.316 e. The highest BCUT2D eigenvalue weighted by molar-refractivity contribution is 9.10. The monoisotopic (exact) mass is 405 g/mol. The quantitative estimate of drug-likeness (QED) is 0.611. The van der Waals surface area contributed by atoms with Crippen LogP contribution in [0, 0.1) is 5.92 Å². The van der Waals surface area contributed by atoms with Crippen LogP contribution >= 0.6 is 27.3 Å². The molecule has 2 unspecified atom stereocenters. The van der Waals surface area contributed by atoms with E-state index in [-0.39, 0.29) is 5.97 Å². The number of hydrogen-bond acceptors (Lipinski definition) is 7. The van der Waals surface area contributed by atoms with Crippen molar-refractivity contribution < 1.29 is 9.53 Å². The molecule has 3 aromatic rings. The standard InChI is InChI=1S/C15H12BrN5O2S/c1-7-10(14(22)23-2)12(21-15(17-7)18-19-20-21)13-11(16)8-5-3-4-6-9(8)24-13/h3-6,10,12H,1-2H3. The lowest BCUT2D eigenvalue weighted by Gasteiger charge is -2.27. The van der Waals surface area contributed by atoms with Crippen LogP contribution in [0.1, 0.15) is 17.8 Å². The molecule has 24 heavy (non-hydrogen) atoms. The van der Waals surface area contributed by atoms with Gasteiger partial charge in [0.2, 0.25) is 0 Å². The summed E-state index contributed by atoms with van der Waals surface area (Å²) in [4.78, 5) is 17.7. The second kappa shape index (κ2) is 5.75. The third-order valence-electron chi connectivity index (χ3n) is 4.06. The predicted molar refractivity (Wildman–Crippen MR) is 93.8 cm³/mol. The molecule has 9 heteroatoms. The van der Waals surface area contributed by atoms with Gasteiger partial charge in [-0.25, -0.2) is 9.67 Å². The summed E-state index contributed by atoms with van der Waals surface area (Å²) in [6, 6.07) is 7.66. The maximum absolute atomic E-state index is 12.4. The van der Waals surface area contributed by atoms with Crippen LogP contribution in [0.4, 0.5) is 5.95 Å². The number of tetrazole rings is 1. The van der Waals surface area contributed by atoms with Gasteiger partial charge in [0, 0.05) is 25.1 Å². The Kier molecular flexibility index (Phi) is 3.69. The number of halogens is 1. The first kappa shape index (κ1) is 15.4. The highest BCUT2D eigenvalue weighted by atomic mass is 79.9. The molecule has 2 atom stereocenters. The Bertz CT molecular complexity index is 979. The number of benzene rings is 1. The first-order valence-electron chi connectivity index (χ1n) is 7.19. The number of aromatic nitrogens is 4. The van der Waals surface area contributed by atoms with Gasteiger partial charge >= 0.3 is 5.97 Å². The van der Waals surface area contributed by atoms with Crippen molar-refractivity contribution in [3.05, 3.63) is 33.6 Å². The number of fused-ring (bicyclic) bond motifs is 2. The minimum Gasteiger partial charge on any atom is -0.468 e. The van der Waals surface area contributed by atoms with E-state index in [0.717, 1.165) is 19.4 Å². The van der Waals surface area contributed by atoms with Gasteiger partial charge in [-0.2, -0.15) is 0 Å². The minimum atomic E-state index is -0.574. The van der Waals surface area contributed by atoms with E-state index in [1.54, 1.807) is 22.9 Å². The number of methoxy groups -OCH3 is 1. The fraction of sp³-hybridized carbons (Fsp3) is 0.267. The van der Waals surface area contributed by atoms with Crippen molar-refractivity contribution in [3.8, 4) is 0 Å². The van der Waals surface area contributed by atoms with Gasteiger partial charge in [-0.05, 0) is 39.3 Å². The number of nitrogens with zero attached hydrogens (tertiary/aromatic N) is 5. The van der Waals surface area contributed by atoms with E-state index in [0.29, 0.717) is 11.7 Å². The topological polar surface area (TPSA) is 82.3 Å². The third-order valence-corrected chi connectivity index (χ3v) is 6.42. The van der Waals surface area contributed by atoms with Crippen molar-refractivity contribution in [1.29, 1.82) is 0 Å². The molecule has 1 aliphatic heterocycles. The van der Waals surface area contributed by atoms with E-state index in [2.05, 4.69) is 36.4 Å². The molecule has 0 N–H and O–H groups in total. The Hall–Kier alpha value is -2.13. The number of rotatable bonds is 2. The number of esters is 1. The van der Waals surface area contributed by atoms with Gasteiger partial charge in [-0.15, -0.1) is 11.3 Å². The molecule has 4 rings (SSSR count). The lowest BCUT2D eigenvalue weighted by atomic mass is 9.92. The van der Waals surface area contributed by atoms with Crippen LogP contribution in [0.2, 0.25) is 0 Å². The largest absolute Gasteiger partial charge is 0.468 e.